The van der Waals surface area contributed by atoms with E-state index in [4.69, 9.17) is 9.47 Å². The van der Waals surface area contributed by atoms with Crippen LogP contribution in [0.5, 0.6) is 11.5 Å². The molecule has 0 aromatic heterocycles. The molecular weight excluding hydrogens is 298 g/mol. The van der Waals surface area contributed by atoms with Crippen molar-refractivity contribution in [1.82, 2.24) is 0 Å². The third kappa shape index (κ3) is 4.81. The number of benzene rings is 1. The van der Waals surface area contributed by atoms with Gasteiger partial charge < -0.3 is 9.47 Å². The summed E-state index contributed by atoms with van der Waals surface area (Å²) in [6.45, 7) is 6.28. The van der Waals surface area contributed by atoms with E-state index in [2.05, 4.69) is 6.58 Å². The smallest absolute Gasteiger partial charge is 0.204 e. The lowest BCUT2D eigenvalue weighted by atomic mass is 9.82. The Hall–Kier alpha value is -1.84. The first-order chi connectivity index (χ1) is 11.2. The lowest BCUT2D eigenvalue weighted by molar-refractivity contribution is 0.187. The largest absolute Gasteiger partial charge is 0.490 e. The Balaban J connectivity index is 1.90. The summed E-state index contributed by atoms with van der Waals surface area (Å²) < 4.78 is 38.6. The van der Waals surface area contributed by atoms with Crippen molar-refractivity contribution in [3.05, 3.63) is 48.6 Å². The van der Waals surface area contributed by atoms with Gasteiger partial charge in [-0.25, -0.2) is 0 Å². The maximum absolute atomic E-state index is 14.0. The Kier molecular flexibility index (Phi) is 6.63. The Labute approximate surface area is 136 Å². The summed E-state index contributed by atoms with van der Waals surface area (Å²) in [5.74, 6) is -1.16. The Morgan fingerprint density at radius 1 is 1.09 bits per heavy atom. The van der Waals surface area contributed by atoms with E-state index < -0.39 is 11.6 Å². The van der Waals surface area contributed by atoms with E-state index in [9.17, 15) is 8.78 Å². The zero-order valence-corrected chi connectivity index (χ0v) is 13.6. The maximum Gasteiger partial charge on any atom is 0.204 e. The molecule has 1 saturated carbocycles. The predicted octanol–water partition coefficient (Wildman–Crippen LogP) is 5.29. The first-order valence-corrected chi connectivity index (χ1v) is 8.13. The maximum atomic E-state index is 14.0. The monoisotopic (exact) mass is 322 g/mol. The minimum absolute atomic E-state index is 0.0493. The molecule has 4 heteroatoms. The van der Waals surface area contributed by atoms with E-state index >= 15 is 0 Å². The van der Waals surface area contributed by atoms with E-state index in [0.717, 1.165) is 25.7 Å². The highest BCUT2D eigenvalue weighted by molar-refractivity contribution is 5.35. The molecule has 1 aliphatic carbocycles. The van der Waals surface area contributed by atoms with Crippen LogP contribution >= 0.6 is 0 Å². The minimum atomic E-state index is -0.998. The van der Waals surface area contributed by atoms with Gasteiger partial charge in [-0.2, -0.15) is 8.78 Å². The molecule has 0 aliphatic heterocycles. The van der Waals surface area contributed by atoms with Crippen LogP contribution in [0.4, 0.5) is 8.78 Å². The van der Waals surface area contributed by atoms with Crippen LogP contribution in [0.15, 0.2) is 36.9 Å². The van der Waals surface area contributed by atoms with Crippen LogP contribution in [0.25, 0.3) is 0 Å². The van der Waals surface area contributed by atoms with Crippen LogP contribution < -0.4 is 9.47 Å². The van der Waals surface area contributed by atoms with Crippen LogP contribution in [-0.4, -0.2) is 13.2 Å². The average Bonchev–Trinajstić information content (AvgIpc) is 2.58. The van der Waals surface area contributed by atoms with Crippen LogP contribution in [-0.2, 0) is 0 Å². The molecule has 0 saturated heterocycles. The van der Waals surface area contributed by atoms with Crippen molar-refractivity contribution >= 4 is 0 Å². The van der Waals surface area contributed by atoms with Crippen molar-refractivity contribution in [1.29, 1.82) is 0 Å². The highest BCUT2D eigenvalue weighted by atomic mass is 19.2. The van der Waals surface area contributed by atoms with Gasteiger partial charge in [-0.3, -0.25) is 0 Å². The van der Waals surface area contributed by atoms with E-state index in [-0.39, 0.29) is 18.1 Å². The number of rotatable bonds is 7. The van der Waals surface area contributed by atoms with Crippen molar-refractivity contribution in [3.63, 3.8) is 0 Å². The minimum Gasteiger partial charge on any atom is -0.490 e. The predicted molar refractivity (Wildman–Crippen MR) is 87.8 cm³/mol. The number of halogens is 2. The molecule has 2 nitrogen and oxygen atoms in total. The Morgan fingerprint density at radius 2 is 1.70 bits per heavy atom. The molecule has 0 N–H and O–H groups in total. The van der Waals surface area contributed by atoms with Crippen LogP contribution in [0.3, 0.4) is 0 Å². The van der Waals surface area contributed by atoms with Crippen molar-refractivity contribution in [2.75, 3.05) is 13.2 Å². The van der Waals surface area contributed by atoms with E-state index in [0.29, 0.717) is 18.4 Å². The summed E-state index contributed by atoms with van der Waals surface area (Å²) in [6, 6.07) is 2.84. The topological polar surface area (TPSA) is 18.5 Å². The van der Waals surface area contributed by atoms with Gasteiger partial charge in [-0.1, -0.05) is 18.2 Å². The van der Waals surface area contributed by atoms with E-state index in [1.54, 1.807) is 12.2 Å². The van der Waals surface area contributed by atoms with Crippen LogP contribution in [0.2, 0.25) is 0 Å². The van der Waals surface area contributed by atoms with Gasteiger partial charge >= 0.3 is 0 Å². The fourth-order valence-electron chi connectivity index (χ4n) is 2.77. The highest BCUT2D eigenvalue weighted by Gasteiger charge is 2.21. The second-order valence-corrected chi connectivity index (χ2v) is 5.90. The summed E-state index contributed by atoms with van der Waals surface area (Å²) in [6.07, 6.45) is 9.75. The molecular formula is C19H24F2O2. The molecule has 0 spiro atoms. The van der Waals surface area contributed by atoms with Gasteiger partial charge in [0, 0.05) is 0 Å². The summed E-state index contributed by atoms with van der Waals surface area (Å²) >= 11 is 0. The number of allylic oxidation sites excluding steroid dienone is 2. The third-order valence-corrected chi connectivity index (χ3v) is 4.28. The van der Waals surface area contributed by atoms with Crippen molar-refractivity contribution in [3.8, 4) is 11.5 Å². The first kappa shape index (κ1) is 17.5. The molecule has 0 amide bonds. The van der Waals surface area contributed by atoms with Crippen LogP contribution in [0.1, 0.15) is 32.6 Å². The zero-order valence-electron chi connectivity index (χ0n) is 13.6. The molecule has 0 bridgehead atoms. The van der Waals surface area contributed by atoms with Gasteiger partial charge in [0.15, 0.2) is 11.5 Å². The lowest BCUT2D eigenvalue weighted by Crippen LogP contribution is -2.19. The normalized spacial score (nSPS) is 21.3. The van der Waals surface area contributed by atoms with Crippen LogP contribution in [0, 0.1) is 23.5 Å². The Bertz CT molecular complexity index is 547. The summed E-state index contributed by atoms with van der Waals surface area (Å²) in [5, 5.41) is 0. The van der Waals surface area contributed by atoms with Crippen molar-refractivity contribution < 1.29 is 18.3 Å². The van der Waals surface area contributed by atoms with E-state index in [1.807, 2.05) is 13.0 Å². The molecule has 1 aliphatic rings. The van der Waals surface area contributed by atoms with Gasteiger partial charge in [0.2, 0.25) is 11.6 Å². The van der Waals surface area contributed by atoms with Gasteiger partial charge in [-0.05, 0) is 56.6 Å². The molecule has 0 atom stereocenters. The summed E-state index contributed by atoms with van der Waals surface area (Å²) in [5.41, 5.74) is 0. The SMILES string of the molecule is C=C[C@H]1CC[C@H](COc2ccc(OCC=CC)c(F)c2F)CC1. The standard InChI is InChI=1S/C19H24F2O2/c1-3-5-12-22-16-10-11-17(19(21)18(16)20)23-13-15-8-6-14(4-2)7-9-15/h3-5,10-11,14-15H,2,6-9,12-13H2,1H3/t14-,15-. The highest BCUT2D eigenvalue weighted by Crippen LogP contribution is 2.31. The molecule has 0 heterocycles. The molecule has 126 valence electrons. The van der Waals surface area contributed by atoms with E-state index in [1.165, 1.54) is 12.1 Å². The molecule has 0 radical (unpaired) electrons. The second kappa shape index (κ2) is 8.70. The molecule has 1 fully saturated rings. The van der Waals surface area contributed by atoms with Crippen molar-refractivity contribution in [2.24, 2.45) is 11.8 Å². The number of hydrogen-bond donors (Lipinski definition) is 0. The molecule has 0 unspecified atom stereocenters. The van der Waals surface area contributed by atoms with Gasteiger partial charge in [0.05, 0.1) is 6.61 Å². The molecule has 1 aromatic carbocycles. The van der Waals surface area contributed by atoms with Gasteiger partial charge in [0.1, 0.15) is 6.61 Å². The molecule has 2 rings (SSSR count). The first-order valence-electron chi connectivity index (χ1n) is 8.13. The summed E-state index contributed by atoms with van der Waals surface area (Å²) in [7, 11) is 0. The second-order valence-electron chi connectivity index (χ2n) is 5.90. The third-order valence-electron chi connectivity index (χ3n) is 4.28. The lowest BCUT2D eigenvalue weighted by Gasteiger charge is -2.26. The number of hydrogen-bond acceptors (Lipinski definition) is 2. The Morgan fingerprint density at radius 3 is 2.26 bits per heavy atom. The van der Waals surface area contributed by atoms with Gasteiger partial charge in [0.25, 0.3) is 0 Å². The van der Waals surface area contributed by atoms with Gasteiger partial charge in [-0.15, -0.1) is 6.58 Å². The molecule has 23 heavy (non-hydrogen) atoms. The van der Waals surface area contributed by atoms with Crippen molar-refractivity contribution in [2.45, 2.75) is 32.6 Å². The quantitative estimate of drug-likeness (QED) is 0.635. The summed E-state index contributed by atoms with van der Waals surface area (Å²) in [4.78, 5) is 0. The average molecular weight is 322 g/mol. The number of ether oxygens (including phenoxy) is 2. The fraction of sp³-hybridized carbons (Fsp3) is 0.474. The fourth-order valence-corrected chi connectivity index (χ4v) is 2.77. The zero-order chi connectivity index (χ0) is 16.7. The molecule has 1 aromatic rings.